The van der Waals surface area contributed by atoms with E-state index in [1.54, 1.807) is 4.90 Å². The zero-order chi connectivity index (χ0) is 19.4. The quantitative estimate of drug-likeness (QED) is 0.734. The van der Waals surface area contributed by atoms with Gasteiger partial charge in [-0.05, 0) is 19.1 Å². The van der Waals surface area contributed by atoms with Crippen LogP contribution in [0.3, 0.4) is 0 Å². The third-order valence-corrected chi connectivity index (χ3v) is 5.78. The Hall–Kier alpha value is -2.54. The first-order chi connectivity index (χ1) is 13.6. The van der Waals surface area contributed by atoms with Gasteiger partial charge in [-0.3, -0.25) is 4.90 Å². The average Bonchev–Trinajstić information content (AvgIpc) is 3.31. The number of amides is 1. The van der Waals surface area contributed by atoms with E-state index in [-0.39, 0.29) is 11.7 Å². The minimum atomic E-state index is -0.338. The molecule has 0 aliphatic carbocycles. The van der Waals surface area contributed by atoms with E-state index < -0.39 is 0 Å². The van der Waals surface area contributed by atoms with Gasteiger partial charge in [-0.15, -0.1) is 0 Å². The Morgan fingerprint density at radius 3 is 2.75 bits per heavy atom. The van der Waals surface area contributed by atoms with Crippen LogP contribution in [0.1, 0.15) is 19.8 Å². The Labute approximate surface area is 165 Å². The number of hydrogen-bond donors (Lipinski definition) is 0. The van der Waals surface area contributed by atoms with Crippen molar-refractivity contribution < 1.29 is 14.3 Å². The molecule has 1 aromatic heterocycles. The fourth-order valence-electron chi connectivity index (χ4n) is 4.10. The number of rotatable bonds is 7. The van der Waals surface area contributed by atoms with E-state index in [1.807, 2.05) is 49.1 Å². The lowest BCUT2D eigenvalue weighted by molar-refractivity contribution is -0.00991. The van der Waals surface area contributed by atoms with E-state index in [0.717, 1.165) is 38.2 Å². The molecule has 4 rings (SSSR count). The number of nitrogens with zero attached hydrogens (tertiary/aromatic N) is 4. The molecule has 1 atom stereocenters. The number of ether oxygens (including phenoxy) is 2. The first kappa shape index (κ1) is 18.8. The van der Waals surface area contributed by atoms with Gasteiger partial charge in [-0.25, -0.2) is 9.78 Å². The molecule has 2 fully saturated rings. The lowest BCUT2D eigenvalue weighted by Gasteiger charge is -2.40. The summed E-state index contributed by atoms with van der Waals surface area (Å²) in [6.07, 6.45) is 7.21. The molecule has 7 heteroatoms. The van der Waals surface area contributed by atoms with Crippen LogP contribution in [0.15, 0.2) is 49.1 Å². The van der Waals surface area contributed by atoms with E-state index in [4.69, 9.17) is 9.47 Å². The largest absolute Gasteiger partial charge is 0.492 e. The third kappa shape index (κ3) is 4.30. The molecule has 0 bridgehead atoms. The molecule has 1 aromatic carbocycles. The maximum absolute atomic E-state index is 12.3. The van der Waals surface area contributed by atoms with Crippen LogP contribution in [0.25, 0.3) is 0 Å². The summed E-state index contributed by atoms with van der Waals surface area (Å²) in [7, 11) is 0. The molecule has 2 aliphatic heterocycles. The molecule has 1 amide bonds. The smallest absolute Gasteiger partial charge is 0.410 e. The van der Waals surface area contributed by atoms with Crippen molar-refractivity contribution in [2.24, 2.45) is 0 Å². The number of likely N-dealkylation sites (tertiary alicyclic amines) is 1. The van der Waals surface area contributed by atoms with Crippen molar-refractivity contribution in [3.63, 3.8) is 0 Å². The molecule has 0 unspecified atom stereocenters. The number of hydrogen-bond acceptors (Lipinski definition) is 5. The molecule has 1 spiro atoms. The summed E-state index contributed by atoms with van der Waals surface area (Å²) in [5.41, 5.74) is -0.338. The normalized spacial score (nSPS) is 20.3. The highest BCUT2D eigenvalue weighted by molar-refractivity contribution is 5.70. The van der Waals surface area contributed by atoms with E-state index in [1.165, 1.54) is 0 Å². The number of piperidine rings is 1. The molecule has 0 radical (unpaired) electrons. The van der Waals surface area contributed by atoms with Crippen LogP contribution in [0.5, 0.6) is 5.75 Å². The van der Waals surface area contributed by atoms with Crippen molar-refractivity contribution in [3.8, 4) is 5.75 Å². The molecule has 150 valence electrons. The molecular formula is C21H28N4O3. The summed E-state index contributed by atoms with van der Waals surface area (Å²) >= 11 is 0. The summed E-state index contributed by atoms with van der Waals surface area (Å²) < 4.78 is 13.7. The van der Waals surface area contributed by atoms with Gasteiger partial charge in [0.25, 0.3) is 0 Å². The Balaban J connectivity index is 1.24. The van der Waals surface area contributed by atoms with Crippen LogP contribution in [0.2, 0.25) is 0 Å². The Morgan fingerprint density at radius 1 is 1.25 bits per heavy atom. The number of aromatic nitrogens is 2. The molecule has 0 N–H and O–H groups in total. The van der Waals surface area contributed by atoms with Crippen LogP contribution < -0.4 is 4.74 Å². The monoisotopic (exact) mass is 384 g/mol. The van der Waals surface area contributed by atoms with Gasteiger partial charge in [0.2, 0.25) is 0 Å². The summed E-state index contributed by atoms with van der Waals surface area (Å²) in [6.45, 7) is 6.74. The van der Waals surface area contributed by atoms with Crippen molar-refractivity contribution in [1.29, 1.82) is 0 Å². The third-order valence-electron chi connectivity index (χ3n) is 5.78. The topological polar surface area (TPSA) is 59.8 Å². The van der Waals surface area contributed by atoms with Gasteiger partial charge < -0.3 is 18.9 Å². The molecule has 2 aromatic rings. The molecule has 2 aliphatic rings. The second-order valence-corrected chi connectivity index (χ2v) is 7.78. The highest BCUT2D eigenvalue weighted by Crippen LogP contribution is 2.33. The summed E-state index contributed by atoms with van der Waals surface area (Å²) in [5, 5.41) is 0. The number of carbonyl (C=O) groups is 1. The minimum absolute atomic E-state index is 0.212. The Bertz CT molecular complexity index is 757. The lowest BCUT2D eigenvalue weighted by Crippen LogP contribution is -2.50. The van der Waals surface area contributed by atoms with Crippen LogP contribution >= 0.6 is 0 Å². The van der Waals surface area contributed by atoms with E-state index in [0.29, 0.717) is 25.7 Å². The lowest BCUT2D eigenvalue weighted by atomic mass is 9.90. The van der Waals surface area contributed by atoms with E-state index in [9.17, 15) is 4.79 Å². The van der Waals surface area contributed by atoms with Gasteiger partial charge in [0, 0.05) is 50.9 Å². The number of para-hydroxylation sites is 1. The predicted molar refractivity (Wildman–Crippen MR) is 105 cm³/mol. The summed E-state index contributed by atoms with van der Waals surface area (Å²) in [4.78, 5) is 20.7. The van der Waals surface area contributed by atoms with Crippen molar-refractivity contribution in [1.82, 2.24) is 19.4 Å². The van der Waals surface area contributed by atoms with Gasteiger partial charge in [0.05, 0.1) is 19.4 Å². The van der Waals surface area contributed by atoms with Crippen LogP contribution in [0.4, 0.5) is 4.79 Å². The fraction of sp³-hybridized carbons (Fsp3) is 0.524. The standard InChI is InChI=1S/C21H28N4O3/c1-18(15-23-12-9-22-17-23)24-10-7-21(8-11-24)16-25(20(26)28-21)13-14-27-19-5-3-2-4-6-19/h2-6,9,12,17-18H,7-8,10-11,13-16H2,1H3/t18-/m0/s1. The second-order valence-electron chi connectivity index (χ2n) is 7.78. The Kier molecular flexibility index (Phi) is 5.52. The minimum Gasteiger partial charge on any atom is -0.492 e. The molecule has 28 heavy (non-hydrogen) atoms. The number of imidazole rings is 1. The van der Waals surface area contributed by atoms with Crippen molar-refractivity contribution in [2.45, 2.75) is 38.0 Å². The maximum atomic E-state index is 12.3. The second kappa shape index (κ2) is 8.22. The van der Waals surface area contributed by atoms with Crippen LogP contribution in [0, 0.1) is 0 Å². The van der Waals surface area contributed by atoms with Gasteiger partial charge in [-0.1, -0.05) is 18.2 Å². The highest BCUT2D eigenvalue weighted by atomic mass is 16.6. The van der Waals surface area contributed by atoms with Gasteiger partial charge in [-0.2, -0.15) is 0 Å². The average molecular weight is 384 g/mol. The molecule has 3 heterocycles. The Morgan fingerprint density at radius 2 is 2.04 bits per heavy atom. The fourth-order valence-corrected chi connectivity index (χ4v) is 4.10. The number of carbonyl (C=O) groups excluding carboxylic acids is 1. The molecule has 2 saturated heterocycles. The summed E-state index contributed by atoms with van der Waals surface area (Å²) in [6, 6.07) is 10.1. The van der Waals surface area contributed by atoms with E-state index >= 15 is 0 Å². The van der Waals surface area contributed by atoms with Gasteiger partial charge >= 0.3 is 6.09 Å². The molecule has 0 saturated carbocycles. The molecular weight excluding hydrogens is 356 g/mol. The van der Waals surface area contributed by atoms with Crippen LogP contribution in [-0.4, -0.2) is 69.9 Å². The van der Waals surface area contributed by atoms with Gasteiger partial charge in [0.1, 0.15) is 18.0 Å². The SMILES string of the molecule is C[C@@H](Cn1ccnc1)N1CCC2(CC1)CN(CCOc1ccccc1)C(=O)O2. The van der Waals surface area contributed by atoms with Crippen molar-refractivity contribution in [2.75, 3.05) is 32.8 Å². The molecule has 7 nitrogen and oxygen atoms in total. The van der Waals surface area contributed by atoms with Gasteiger partial charge in [0.15, 0.2) is 0 Å². The van der Waals surface area contributed by atoms with Crippen molar-refractivity contribution in [3.05, 3.63) is 49.1 Å². The zero-order valence-electron chi connectivity index (χ0n) is 16.4. The number of benzene rings is 1. The maximum Gasteiger partial charge on any atom is 0.410 e. The van der Waals surface area contributed by atoms with Crippen molar-refractivity contribution >= 4 is 6.09 Å². The van der Waals surface area contributed by atoms with E-state index in [2.05, 4.69) is 21.4 Å². The van der Waals surface area contributed by atoms with Crippen LogP contribution in [-0.2, 0) is 11.3 Å². The summed E-state index contributed by atoms with van der Waals surface area (Å²) in [5.74, 6) is 0.824. The first-order valence-electron chi connectivity index (χ1n) is 9.99. The zero-order valence-corrected chi connectivity index (χ0v) is 16.4. The first-order valence-corrected chi connectivity index (χ1v) is 9.99. The predicted octanol–water partition coefficient (Wildman–Crippen LogP) is 2.64. The highest BCUT2D eigenvalue weighted by Gasteiger charge is 2.47.